The van der Waals surface area contributed by atoms with E-state index in [1.165, 1.54) is 25.1 Å². The highest BCUT2D eigenvalue weighted by Gasteiger charge is 2.17. The van der Waals surface area contributed by atoms with Crippen LogP contribution in [-0.4, -0.2) is 36.2 Å². The van der Waals surface area contributed by atoms with Gasteiger partial charge in [-0.25, -0.2) is 4.98 Å². The van der Waals surface area contributed by atoms with Crippen LogP contribution in [0.1, 0.15) is 25.8 Å². The molecule has 2 aromatic carbocycles. The monoisotopic (exact) mass is 394 g/mol. The average Bonchev–Trinajstić information content (AvgIpc) is 3.15. The smallest absolute Gasteiger partial charge is 0.124 e. The largest absolute Gasteiger partial charge is 0.496 e. The molecule has 146 valence electrons. The Bertz CT molecular complexity index is 930. The van der Waals surface area contributed by atoms with Gasteiger partial charge in [-0.3, -0.25) is 4.90 Å². The summed E-state index contributed by atoms with van der Waals surface area (Å²) in [6, 6.07) is 14.6. The van der Waals surface area contributed by atoms with E-state index in [-0.39, 0.29) is 6.10 Å². The number of benzene rings is 2. The molecule has 2 heterocycles. The molecule has 0 amide bonds. The fourth-order valence-electron chi connectivity index (χ4n) is 3.30. The van der Waals surface area contributed by atoms with Crippen LogP contribution < -0.4 is 9.47 Å². The third-order valence-electron chi connectivity index (χ3n) is 4.89. The van der Waals surface area contributed by atoms with E-state index in [0.717, 1.165) is 39.1 Å². The van der Waals surface area contributed by atoms with Crippen LogP contribution in [0.5, 0.6) is 11.5 Å². The summed E-state index contributed by atoms with van der Waals surface area (Å²) in [6.45, 7) is 7.39. The van der Waals surface area contributed by atoms with E-state index in [2.05, 4.69) is 40.2 Å². The summed E-state index contributed by atoms with van der Waals surface area (Å²) in [5.74, 6) is 1.84. The van der Waals surface area contributed by atoms with Gasteiger partial charge >= 0.3 is 0 Å². The van der Waals surface area contributed by atoms with Crippen molar-refractivity contribution < 1.29 is 9.47 Å². The molecule has 4 nitrogen and oxygen atoms in total. The summed E-state index contributed by atoms with van der Waals surface area (Å²) >= 11 is 1.70. The number of likely N-dealkylation sites (tertiary alicyclic amines) is 1. The summed E-state index contributed by atoms with van der Waals surface area (Å²) < 4.78 is 11.4. The second-order valence-electron chi connectivity index (χ2n) is 7.38. The molecule has 0 saturated carbocycles. The molecule has 1 fully saturated rings. The minimum atomic E-state index is 0.180. The highest BCUT2D eigenvalue weighted by Crippen LogP contribution is 2.35. The maximum absolute atomic E-state index is 5.73. The Morgan fingerprint density at radius 1 is 1.07 bits per heavy atom. The lowest BCUT2D eigenvalue weighted by Gasteiger charge is -2.31. The van der Waals surface area contributed by atoms with Gasteiger partial charge in [0.25, 0.3) is 0 Å². The summed E-state index contributed by atoms with van der Waals surface area (Å²) in [5.41, 5.74) is 3.49. The molecule has 0 radical (unpaired) electrons. The second kappa shape index (κ2) is 8.33. The molecule has 1 aliphatic rings. The number of ether oxygens (including phenoxy) is 2. The van der Waals surface area contributed by atoms with Gasteiger partial charge < -0.3 is 9.47 Å². The molecular formula is C23H26N2O2S. The van der Waals surface area contributed by atoms with Gasteiger partial charge in [-0.05, 0) is 69.3 Å². The Hall–Kier alpha value is -2.37. The third kappa shape index (κ3) is 4.21. The lowest BCUT2D eigenvalue weighted by molar-refractivity contribution is 0.170. The van der Waals surface area contributed by atoms with Gasteiger partial charge in [0.2, 0.25) is 0 Å². The second-order valence-corrected chi connectivity index (χ2v) is 8.41. The van der Waals surface area contributed by atoms with Gasteiger partial charge in [-0.15, -0.1) is 11.3 Å². The van der Waals surface area contributed by atoms with Crippen LogP contribution in [0.2, 0.25) is 0 Å². The Kier molecular flexibility index (Phi) is 5.64. The third-order valence-corrected chi connectivity index (χ3v) is 5.99. The molecule has 1 aromatic heterocycles. The average molecular weight is 395 g/mol. The summed E-state index contributed by atoms with van der Waals surface area (Å²) in [6.07, 6.45) is 3.42. The number of methoxy groups -OCH3 is 1. The molecule has 0 N–H and O–H groups in total. The van der Waals surface area contributed by atoms with Crippen LogP contribution in [-0.2, 0) is 6.54 Å². The van der Waals surface area contributed by atoms with Gasteiger partial charge in [0.15, 0.2) is 0 Å². The van der Waals surface area contributed by atoms with Gasteiger partial charge in [-0.1, -0.05) is 12.1 Å². The lowest BCUT2D eigenvalue weighted by Crippen LogP contribution is -2.36. The highest BCUT2D eigenvalue weighted by molar-refractivity contribution is 7.18. The van der Waals surface area contributed by atoms with Crippen LogP contribution >= 0.6 is 11.3 Å². The van der Waals surface area contributed by atoms with E-state index >= 15 is 0 Å². The van der Waals surface area contributed by atoms with E-state index in [1.807, 2.05) is 32.2 Å². The van der Waals surface area contributed by atoms with Crippen molar-refractivity contribution in [2.24, 2.45) is 0 Å². The molecule has 3 aromatic rings. The Morgan fingerprint density at radius 3 is 2.46 bits per heavy atom. The van der Waals surface area contributed by atoms with E-state index in [4.69, 9.17) is 9.47 Å². The van der Waals surface area contributed by atoms with Crippen molar-refractivity contribution in [2.45, 2.75) is 32.9 Å². The van der Waals surface area contributed by atoms with Crippen molar-refractivity contribution in [1.29, 1.82) is 0 Å². The molecule has 0 bridgehead atoms. The van der Waals surface area contributed by atoms with Crippen molar-refractivity contribution in [1.82, 2.24) is 9.88 Å². The SMILES string of the molecule is COc1cc(-c2ncc(-c3ccc(OC(C)C)cc3)s2)ccc1CN1CCC1. The van der Waals surface area contributed by atoms with Gasteiger partial charge in [0.1, 0.15) is 16.5 Å². The quantitative estimate of drug-likeness (QED) is 0.531. The molecule has 5 heteroatoms. The minimum Gasteiger partial charge on any atom is -0.496 e. The van der Waals surface area contributed by atoms with Gasteiger partial charge in [0.05, 0.1) is 18.1 Å². The van der Waals surface area contributed by atoms with Gasteiger partial charge in [0, 0.05) is 23.9 Å². The number of hydrogen-bond acceptors (Lipinski definition) is 5. The first-order valence-corrected chi connectivity index (χ1v) is 10.6. The summed E-state index contributed by atoms with van der Waals surface area (Å²) in [7, 11) is 1.74. The first-order chi connectivity index (χ1) is 13.6. The normalized spacial score (nSPS) is 14.1. The van der Waals surface area contributed by atoms with Crippen LogP contribution in [0.3, 0.4) is 0 Å². The number of nitrogens with zero attached hydrogens (tertiary/aromatic N) is 2. The van der Waals surface area contributed by atoms with E-state index in [9.17, 15) is 0 Å². The summed E-state index contributed by atoms with van der Waals surface area (Å²) in [5, 5.41) is 1.01. The molecule has 4 rings (SSSR count). The Morgan fingerprint density at radius 2 is 1.82 bits per heavy atom. The van der Waals surface area contributed by atoms with Crippen LogP contribution in [0.4, 0.5) is 0 Å². The fourth-order valence-corrected chi connectivity index (χ4v) is 4.22. The van der Waals surface area contributed by atoms with Crippen LogP contribution in [0.25, 0.3) is 21.0 Å². The van der Waals surface area contributed by atoms with Crippen molar-refractivity contribution in [3.05, 3.63) is 54.2 Å². The minimum absolute atomic E-state index is 0.180. The lowest BCUT2D eigenvalue weighted by atomic mass is 10.1. The van der Waals surface area contributed by atoms with Crippen molar-refractivity contribution in [3.8, 4) is 32.5 Å². The maximum Gasteiger partial charge on any atom is 0.124 e. The number of hydrogen-bond donors (Lipinski definition) is 0. The number of aromatic nitrogens is 1. The maximum atomic E-state index is 5.73. The summed E-state index contributed by atoms with van der Waals surface area (Å²) in [4.78, 5) is 8.23. The van der Waals surface area contributed by atoms with Crippen molar-refractivity contribution in [2.75, 3.05) is 20.2 Å². The highest BCUT2D eigenvalue weighted by atomic mass is 32.1. The first-order valence-electron chi connectivity index (χ1n) is 9.75. The Labute approximate surface area is 170 Å². The zero-order valence-corrected chi connectivity index (χ0v) is 17.5. The standard InChI is InChI=1S/C23H26N2O2S/c1-16(2)27-20-9-7-17(8-10-20)22-14-24-23(28-22)18-5-6-19(21(13-18)26-3)15-25-11-4-12-25/h5-10,13-14,16H,4,11-12,15H2,1-3H3. The van der Waals surface area contributed by atoms with Crippen LogP contribution in [0, 0.1) is 0 Å². The number of rotatable bonds is 7. The van der Waals surface area contributed by atoms with E-state index in [0.29, 0.717) is 0 Å². The number of thiazole rings is 1. The van der Waals surface area contributed by atoms with Gasteiger partial charge in [-0.2, -0.15) is 0 Å². The molecule has 28 heavy (non-hydrogen) atoms. The fraction of sp³-hybridized carbons (Fsp3) is 0.348. The van der Waals surface area contributed by atoms with E-state index < -0.39 is 0 Å². The molecule has 0 aliphatic carbocycles. The van der Waals surface area contributed by atoms with Crippen molar-refractivity contribution in [3.63, 3.8) is 0 Å². The van der Waals surface area contributed by atoms with E-state index in [1.54, 1.807) is 18.4 Å². The Balaban J connectivity index is 1.53. The zero-order chi connectivity index (χ0) is 19.5. The topological polar surface area (TPSA) is 34.6 Å². The first kappa shape index (κ1) is 19.0. The molecule has 0 unspecified atom stereocenters. The zero-order valence-electron chi connectivity index (χ0n) is 16.6. The molecule has 0 atom stereocenters. The predicted molar refractivity (Wildman–Crippen MR) is 115 cm³/mol. The van der Waals surface area contributed by atoms with Crippen molar-refractivity contribution >= 4 is 11.3 Å². The molecular weight excluding hydrogens is 368 g/mol. The molecule has 1 saturated heterocycles. The molecule has 0 spiro atoms. The predicted octanol–water partition coefficient (Wildman–Crippen LogP) is 5.48. The van der Waals surface area contributed by atoms with Crippen LogP contribution in [0.15, 0.2) is 48.7 Å². The molecule has 1 aliphatic heterocycles.